The summed E-state index contributed by atoms with van der Waals surface area (Å²) in [6.45, 7) is 2.59. The SMILES string of the molecule is CCOc1ccc2nc(SCCC(N)=O)[nH]c2c1. The fourth-order valence-electron chi connectivity index (χ4n) is 1.54. The van der Waals surface area contributed by atoms with Gasteiger partial charge in [-0.1, -0.05) is 11.8 Å². The minimum absolute atomic E-state index is 0.294. The van der Waals surface area contributed by atoms with Crippen LogP contribution in [-0.4, -0.2) is 28.2 Å². The number of fused-ring (bicyclic) bond motifs is 1. The molecule has 0 radical (unpaired) electrons. The maximum absolute atomic E-state index is 10.6. The molecule has 3 N–H and O–H groups in total. The van der Waals surface area contributed by atoms with Gasteiger partial charge in [0.05, 0.1) is 17.6 Å². The monoisotopic (exact) mass is 265 g/mol. The quantitative estimate of drug-likeness (QED) is 0.782. The van der Waals surface area contributed by atoms with Gasteiger partial charge in [-0.2, -0.15) is 0 Å². The summed E-state index contributed by atoms with van der Waals surface area (Å²) in [4.78, 5) is 18.2. The summed E-state index contributed by atoms with van der Waals surface area (Å²) in [6.07, 6.45) is 0.353. The normalized spacial score (nSPS) is 10.7. The Morgan fingerprint density at radius 1 is 1.56 bits per heavy atom. The number of aromatic amines is 1. The molecule has 2 aromatic rings. The van der Waals surface area contributed by atoms with Crippen molar-refractivity contribution in [2.75, 3.05) is 12.4 Å². The van der Waals surface area contributed by atoms with E-state index >= 15 is 0 Å². The van der Waals surface area contributed by atoms with Crippen molar-refractivity contribution >= 4 is 28.7 Å². The van der Waals surface area contributed by atoms with Crippen LogP contribution in [0.2, 0.25) is 0 Å². The molecule has 6 heteroatoms. The van der Waals surface area contributed by atoms with Gasteiger partial charge < -0.3 is 15.5 Å². The molecule has 1 amide bonds. The summed E-state index contributed by atoms with van der Waals surface area (Å²) in [6, 6.07) is 5.73. The van der Waals surface area contributed by atoms with Crippen LogP contribution in [0, 0.1) is 0 Å². The number of benzene rings is 1. The van der Waals surface area contributed by atoms with Gasteiger partial charge in [-0.3, -0.25) is 4.79 Å². The molecule has 0 aliphatic heterocycles. The highest BCUT2D eigenvalue weighted by molar-refractivity contribution is 7.99. The van der Waals surface area contributed by atoms with E-state index in [4.69, 9.17) is 10.5 Å². The number of ether oxygens (including phenoxy) is 1. The fourth-order valence-corrected chi connectivity index (χ4v) is 2.38. The summed E-state index contributed by atoms with van der Waals surface area (Å²) in [5, 5.41) is 0.792. The summed E-state index contributed by atoms with van der Waals surface area (Å²) in [7, 11) is 0. The molecule has 5 nitrogen and oxygen atoms in total. The average molecular weight is 265 g/mol. The van der Waals surface area contributed by atoms with Crippen LogP contribution in [0.5, 0.6) is 5.75 Å². The van der Waals surface area contributed by atoms with Gasteiger partial charge in [0.15, 0.2) is 5.16 Å². The highest BCUT2D eigenvalue weighted by atomic mass is 32.2. The van der Waals surface area contributed by atoms with Gasteiger partial charge in [0.2, 0.25) is 5.91 Å². The number of nitrogens with two attached hydrogens (primary N) is 1. The van der Waals surface area contributed by atoms with Crippen molar-refractivity contribution in [3.05, 3.63) is 18.2 Å². The molecule has 0 aliphatic rings. The van der Waals surface area contributed by atoms with E-state index in [9.17, 15) is 4.79 Å². The summed E-state index contributed by atoms with van der Waals surface area (Å²) in [5.74, 6) is 1.16. The zero-order valence-electron chi connectivity index (χ0n) is 10.1. The zero-order chi connectivity index (χ0) is 13.0. The molecule has 1 aromatic heterocycles. The highest BCUT2D eigenvalue weighted by Crippen LogP contribution is 2.23. The summed E-state index contributed by atoms with van der Waals surface area (Å²) in [5.41, 5.74) is 6.91. The number of imidazole rings is 1. The number of nitrogens with zero attached hydrogens (tertiary/aromatic N) is 1. The molecule has 0 fully saturated rings. The minimum Gasteiger partial charge on any atom is -0.494 e. The number of rotatable bonds is 6. The van der Waals surface area contributed by atoms with Crippen LogP contribution < -0.4 is 10.5 Å². The maximum atomic E-state index is 10.6. The van der Waals surface area contributed by atoms with E-state index in [1.165, 1.54) is 11.8 Å². The second-order valence-corrected chi connectivity index (χ2v) is 4.80. The molecule has 0 saturated heterocycles. The maximum Gasteiger partial charge on any atom is 0.218 e. The Kier molecular flexibility index (Phi) is 4.09. The van der Waals surface area contributed by atoms with Gasteiger partial charge in [0.25, 0.3) is 0 Å². The summed E-state index contributed by atoms with van der Waals surface area (Å²) < 4.78 is 5.42. The predicted molar refractivity (Wildman–Crippen MR) is 71.8 cm³/mol. The lowest BCUT2D eigenvalue weighted by atomic mass is 10.3. The number of primary amides is 1. The van der Waals surface area contributed by atoms with Crippen LogP contribution in [0.25, 0.3) is 11.0 Å². The van der Waals surface area contributed by atoms with Crippen LogP contribution in [-0.2, 0) is 4.79 Å². The molecular formula is C12H15N3O2S. The molecule has 0 aliphatic carbocycles. The third kappa shape index (κ3) is 3.16. The van der Waals surface area contributed by atoms with Gasteiger partial charge in [-0.15, -0.1) is 0 Å². The topological polar surface area (TPSA) is 81.0 Å². The van der Waals surface area contributed by atoms with Gasteiger partial charge in [-0.05, 0) is 19.1 Å². The van der Waals surface area contributed by atoms with E-state index in [-0.39, 0.29) is 5.91 Å². The molecule has 96 valence electrons. The van der Waals surface area contributed by atoms with Gasteiger partial charge in [0.1, 0.15) is 5.75 Å². The number of aromatic nitrogens is 2. The van der Waals surface area contributed by atoms with E-state index in [1.54, 1.807) is 0 Å². The zero-order valence-corrected chi connectivity index (χ0v) is 10.9. The van der Waals surface area contributed by atoms with E-state index in [2.05, 4.69) is 9.97 Å². The fraction of sp³-hybridized carbons (Fsp3) is 0.333. The van der Waals surface area contributed by atoms with Crippen molar-refractivity contribution in [3.8, 4) is 5.75 Å². The smallest absolute Gasteiger partial charge is 0.218 e. The van der Waals surface area contributed by atoms with Crippen LogP contribution in [0.1, 0.15) is 13.3 Å². The molecule has 0 bridgehead atoms. The number of amides is 1. The van der Waals surface area contributed by atoms with E-state index in [1.807, 2.05) is 25.1 Å². The Hall–Kier alpha value is -1.69. The third-order valence-electron chi connectivity index (χ3n) is 2.33. The highest BCUT2D eigenvalue weighted by Gasteiger charge is 2.05. The Labute approximate surface area is 109 Å². The number of hydrogen-bond acceptors (Lipinski definition) is 4. The lowest BCUT2D eigenvalue weighted by molar-refractivity contribution is -0.117. The van der Waals surface area contributed by atoms with Crippen LogP contribution in [0.4, 0.5) is 0 Å². The van der Waals surface area contributed by atoms with Crippen LogP contribution in [0.15, 0.2) is 23.4 Å². The number of H-pyrrole nitrogens is 1. The number of nitrogens with one attached hydrogen (secondary N) is 1. The second-order valence-electron chi connectivity index (χ2n) is 3.72. The first-order valence-electron chi connectivity index (χ1n) is 5.72. The van der Waals surface area contributed by atoms with E-state index in [0.29, 0.717) is 18.8 Å². The number of thioether (sulfide) groups is 1. The van der Waals surface area contributed by atoms with E-state index in [0.717, 1.165) is 21.9 Å². The van der Waals surface area contributed by atoms with Crippen molar-refractivity contribution in [3.63, 3.8) is 0 Å². The van der Waals surface area contributed by atoms with Gasteiger partial charge in [0, 0.05) is 18.2 Å². The van der Waals surface area contributed by atoms with Gasteiger partial charge >= 0.3 is 0 Å². The first-order valence-corrected chi connectivity index (χ1v) is 6.71. The van der Waals surface area contributed by atoms with Crippen molar-refractivity contribution < 1.29 is 9.53 Å². The standard InChI is InChI=1S/C12H15N3O2S/c1-2-17-8-3-4-9-10(7-8)15-12(14-9)18-6-5-11(13)16/h3-4,7H,2,5-6H2,1H3,(H2,13,16)(H,14,15). The molecule has 2 rings (SSSR count). The van der Waals surface area contributed by atoms with Crippen molar-refractivity contribution in [1.82, 2.24) is 9.97 Å². The lowest BCUT2D eigenvalue weighted by Crippen LogP contribution is -2.10. The van der Waals surface area contributed by atoms with Crippen LogP contribution in [0.3, 0.4) is 0 Å². The molecule has 0 saturated carbocycles. The average Bonchev–Trinajstić information content (AvgIpc) is 2.71. The number of carbonyl (C=O) groups excluding carboxylic acids is 1. The second kappa shape index (κ2) is 5.77. The Balaban J connectivity index is 2.09. The Morgan fingerprint density at radius 3 is 3.11 bits per heavy atom. The number of carbonyl (C=O) groups is 1. The largest absolute Gasteiger partial charge is 0.494 e. The first kappa shape index (κ1) is 12.8. The summed E-state index contributed by atoms with van der Waals surface area (Å²) >= 11 is 1.49. The molecule has 18 heavy (non-hydrogen) atoms. The van der Waals surface area contributed by atoms with E-state index < -0.39 is 0 Å². The molecule has 1 aromatic carbocycles. The number of hydrogen-bond donors (Lipinski definition) is 2. The predicted octanol–water partition coefficient (Wildman–Crippen LogP) is 1.93. The molecule has 0 atom stereocenters. The van der Waals surface area contributed by atoms with Gasteiger partial charge in [-0.25, -0.2) is 4.98 Å². The third-order valence-corrected chi connectivity index (χ3v) is 3.20. The van der Waals surface area contributed by atoms with Crippen LogP contribution >= 0.6 is 11.8 Å². The molecule has 1 heterocycles. The lowest BCUT2D eigenvalue weighted by Gasteiger charge is -2.00. The van der Waals surface area contributed by atoms with Crippen molar-refractivity contribution in [1.29, 1.82) is 0 Å². The molecular weight excluding hydrogens is 250 g/mol. The van der Waals surface area contributed by atoms with Crippen molar-refractivity contribution in [2.45, 2.75) is 18.5 Å². The Bertz CT molecular complexity index is 553. The Morgan fingerprint density at radius 2 is 2.39 bits per heavy atom. The van der Waals surface area contributed by atoms with Crippen molar-refractivity contribution in [2.24, 2.45) is 5.73 Å². The first-order chi connectivity index (χ1) is 8.69. The molecule has 0 spiro atoms. The minimum atomic E-state index is -0.294. The molecule has 0 unspecified atom stereocenters.